The first-order valence-electron chi connectivity index (χ1n) is 9.74. The molecule has 4 heteroatoms. The van der Waals surface area contributed by atoms with E-state index < -0.39 is 0 Å². The number of aryl methyl sites for hydroxylation is 1. The normalized spacial score (nSPS) is 11.1. The van der Waals surface area contributed by atoms with Crippen LogP contribution in [0.3, 0.4) is 0 Å². The van der Waals surface area contributed by atoms with Crippen LogP contribution in [0.25, 0.3) is 0 Å². The van der Waals surface area contributed by atoms with Gasteiger partial charge in [-0.25, -0.2) is 0 Å². The van der Waals surface area contributed by atoms with Crippen molar-refractivity contribution in [2.24, 2.45) is 10.2 Å². The predicted molar refractivity (Wildman–Crippen MR) is 110 cm³/mol. The van der Waals surface area contributed by atoms with Crippen molar-refractivity contribution >= 4 is 17.1 Å². The van der Waals surface area contributed by atoms with Crippen LogP contribution in [0.5, 0.6) is 5.75 Å². The predicted octanol–water partition coefficient (Wildman–Crippen LogP) is 6.69. The maximum Gasteiger partial charge on any atom is 0.122 e. The van der Waals surface area contributed by atoms with Crippen molar-refractivity contribution in [1.29, 1.82) is 0 Å². The van der Waals surface area contributed by atoms with E-state index in [-0.39, 0.29) is 0 Å². The third kappa shape index (κ3) is 5.58. The van der Waals surface area contributed by atoms with Crippen LogP contribution in [0.4, 0.5) is 17.1 Å². The first-order chi connectivity index (χ1) is 12.7. The second kappa shape index (κ2) is 10.6. The van der Waals surface area contributed by atoms with Gasteiger partial charge in [0.25, 0.3) is 0 Å². The fourth-order valence-corrected chi connectivity index (χ4v) is 2.92. The molecule has 0 aliphatic heterocycles. The van der Waals surface area contributed by atoms with Gasteiger partial charge in [0, 0.05) is 18.8 Å². The van der Waals surface area contributed by atoms with Crippen LogP contribution in [0.15, 0.2) is 52.7 Å². The molecule has 0 saturated carbocycles. The van der Waals surface area contributed by atoms with Gasteiger partial charge in [0.15, 0.2) is 0 Å². The van der Waals surface area contributed by atoms with Crippen molar-refractivity contribution in [3.05, 3.63) is 48.0 Å². The minimum atomic E-state index is 0.679. The highest BCUT2D eigenvalue weighted by atomic mass is 16.5. The number of benzene rings is 2. The lowest BCUT2D eigenvalue weighted by Gasteiger charge is -2.20. The number of azo groups is 1. The Balaban J connectivity index is 2.13. The Kier molecular flexibility index (Phi) is 8.13. The molecule has 0 amide bonds. The van der Waals surface area contributed by atoms with E-state index in [4.69, 9.17) is 4.74 Å². The summed E-state index contributed by atoms with van der Waals surface area (Å²) in [6.45, 7) is 11.2. The van der Waals surface area contributed by atoms with Crippen LogP contribution in [-0.2, 0) is 6.42 Å². The van der Waals surface area contributed by atoms with E-state index in [0.29, 0.717) is 6.61 Å². The van der Waals surface area contributed by atoms with Gasteiger partial charge in [0.2, 0.25) is 0 Å². The average Bonchev–Trinajstić information content (AvgIpc) is 2.68. The molecule has 0 bridgehead atoms. The molecule has 26 heavy (non-hydrogen) atoms. The quantitative estimate of drug-likeness (QED) is 0.446. The van der Waals surface area contributed by atoms with Crippen LogP contribution in [0, 0.1) is 0 Å². The fraction of sp³-hybridized carbons (Fsp3) is 0.455. The molecule has 0 spiro atoms. The number of anilines is 1. The van der Waals surface area contributed by atoms with Gasteiger partial charge in [-0.1, -0.05) is 13.3 Å². The second-order valence-corrected chi connectivity index (χ2v) is 6.22. The lowest BCUT2D eigenvalue weighted by Crippen LogP contribution is -2.21. The van der Waals surface area contributed by atoms with Crippen molar-refractivity contribution < 1.29 is 4.74 Å². The summed E-state index contributed by atoms with van der Waals surface area (Å²) < 4.78 is 5.73. The summed E-state index contributed by atoms with van der Waals surface area (Å²) in [4.78, 5) is 2.31. The molecule has 2 rings (SSSR count). The number of hydrogen-bond donors (Lipinski definition) is 0. The monoisotopic (exact) mass is 353 g/mol. The molecule has 0 aliphatic carbocycles. The topological polar surface area (TPSA) is 37.2 Å². The van der Waals surface area contributed by atoms with Gasteiger partial charge in [0.1, 0.15) is 5.75 Å². The fourth-order valence-electron chi connectivity index (χ4n) is 2.92. The van der Waals surface area contributed by atoms with Gasteiger partial charge in [0.05, 0.1) is 18.0 Å². The maximum absolute atomic E-state index is 5.73. The summed E-state index contributed by atoms with van der Waals surface area (Å²) in [7, 11) is 0. The number of hydrogen-bond acceptors (Lipinski definition) is 4. The lowest BCUT2D eigenvalue weighted by atomic mass is 10.1. The van der Waals surface area contributed by atoms with Gasteiger partial charge in [-0.2, -0.15) is 10.2 Å². The SMILES string of the molecule is CCCCc1cc(N=Nc2ccc(N(CC)CC)cc2)ccc1OCC. The molecular formula is C22H31N3O. The lowest BCUT2D eigenvalue weighted by molar-refractivity contribution is 0.336. The van der Waals surface area contributed by atoms with E-state index in [9.17, 15) is 0 Å². The summed E-state index contributed by atoms with van der Waals surface area (Å²) in [5.74, 6) is 0.962. The van der Waals surface area contributed by atoms with Crippen LogP contribution in [-0.4, -0.2) is 19.7 Å². The molecule has 140 valence electrons. The van der Waals surface area contributed by atoms with E-state index in [1.54, 1.807) is 0 Å². The minimum Gasteiger partial charge on any atom is -0.494 e. The molecule has 0 saturated heterocycles. The van der Waals surface area contributed by atoms with E-state index in [1.165, 1.54) is 11.3 Å². The Morgan fingerprint density at radius 1 is 0.846 bits per heavy atom. The first-order valence-corrected chi connectivity index (χ1v) is 9.74. The molecule has 4 nitrogen and oxygen atoms in total. The highest BCUT2D eigenvalue weighted by Crippen LogP contribution is 2.28. The molecule has 0 unspecified atom stereocenters. The number of nitrogens with zero attached hydrogens (tertiary/aromatic N) is 3. The van der Waals surface area contributed by atoms with E-state index in [1.807, 2.05) is 31.2 Å². The largest absolute Gasteiger partial charge is 0.494 e. The number of rotatable bonds is 10. The molecule has 2 aromatic rings. The third-order valence-corrected chi connectivity index (χ3v) is 4.40. The van der Waals surface area contributed by atoms with Crippen LogP contribution >= 0.6 is 0 Å². The Morgan fingerprint density at radius 2 is 1.50 bits per heavy atom. The highest BCUT2D eigenvalue weighted by molar-refractivity contribution is 5.53. The number of ether oxygens (including phenoxy) is 1. The molecule has 0 atom stereocenters. The molecule has 0 heterocycles. The molecule has 0 aliphatic rings. The van der Waals surface area contributed by atoms with Gasteiger partial charge < -0.3 is 9.64 Å². The second-order valence-electron chi connectivity index (χ2n) is 6.22. The van der Waals surface area contributed by atoms with E-state index >= 15 is 0 Å². The smallest absolute Gasteiger partial charge is 0.122 e. The summed E-state index contributed by atoms with van der Waals surface area (Å²) in [6.07, 6.45) is 3.32. The Bertz CT molecular complexity index is 691. The highest BCUT2D eigenvalue weighted by Gasteiger charge is 2.05. The number of unbranched alkanes of at least 4 members (excludes halogenated alkanes) is 1. The van der Waals surface area contributed by atoms with Crippen LogP contribution in [0.2, 0.25) is 0 Å². The van der Waals surface area contributed by atoms with Crippen LogP contribution < -0.4 is 9.64 Å². The first kappa shape index (κ1) is 20.0. The summed E-state index contributed by atoms with van der Waals surface area (Å²) in [5, 5.41) is 8.81. The van der Waals surface area contributed by atoms with Gasteiger partial charge >= 0.3 is 0 Å². The van der Waals surface area contributed by atoms with E-state index in [2.05, 4.69) is 54.1 Å². The minimum absolute atomic E-state index is 0.679. The Labute approximate surface area is 157 Å². The van der Waals surface area contributed by atoms with Crippen molar-refractivity contribution in [3.8, 4) is 5.75 Å². The Morgan fingerprint density at radius 3 is 2.12 bits per heavy atom. The zero-order valence-corrected chi connectivity index (χ0v) is 16.5. The Hall–Kier alpha value is -2.36. The summed E-state index contributed by atoms with van der Waals surface area (Å²) >= 11 is 0. The summed E-state index contributed by atoms with van der Waals surface area (Å²) in [5.41, 5.74) is 4.16. The summed E-state index contributed by atoms with van der Waals surface area (Å²) in [6, 6.07) is 14.3. The van der Waals surface area contributed by atoms with Gasteiger partial charge in [-0.15, -0.1) is 0 Å². The molecular weight excluding hydrogens is 322 g/mol. The molecule has 0 N–H and O–H groups in total. The zero-order valence-electron chi connectivity index (χ0n) is 16.5. The van der Waals surface area contributed by atoms with Crippen molar-refractivity contribution in [2.45, 2.75) is 47.0 Å². The van der Waals surface area contributed by atoms with Crippen molar-refractivity contribution in [3.63, 3.8) is 0 Å². The molecule has 2 aromatic carbocycles. The third-order valence-electron chi connectivity index (χ3n) is 4.40. The molecule has 0 aromatic heterocycles. The average molecular weight is 354 g/mol. The molecule has 0 fully saturated rings. The van der Waals surface area contributed by atoms with Crippen molar-refractivity contribution in [2.75, 3.05) is 24.6 Å². The van der Waals surface area contributed by atoms with Crippen molar-refractivity contribution in [1.82, 2.24) is 0 Å². The molecule has 0 radical (unpaired) electrons. The van der Waals surface area contributed by atoms with Gasteiger partial charge in [-0.3, -0.25) is 0 Å². The van der Waals surface area contributed by atoms with Gasteiger partial charge in [-0.05, 0) is 81.6 Å². The maximum atomic E-state index is 5.73. The van der Waals surface area contributed by atoms with E-state index in [0.717, 1.165) is 49.5 Å². The zero-order chi connectivity index (χ0) is 18.8. The standard InChI is InChI=1S/C22H31N3O/c1-5-9-10-18-17-20(13-16-22(18)26-8-4)24-23-19-11-14-21(15-12-19)25(6-2)7-3/h11-17H,5-10H2,1-4H3. The van der Waals surface area contributed by atoms with Crippen LogP contribution in [0.1, 0.15) is 46.1 Å².